The number of carbonyl (C=O) groups excluding carboxylic acids is 4. The van der Waals surface area contributed by atoms with E-state index < -0.39 is 5.91 Å². The Bertz CT molecular complexity index is 1200. The fraction of sp³-hybridized carbons (Fsp3) is 0.125. The first-order valence-electron chi connectivity index (χ1n) is 10.2. The van der Waals surface area contributed by atoms with Gasteiger partial charge in [-0.2, -0.15) is 0 Å². The number of nitrogens with two attached hydrogens (primary N) is 1. The first-order chi connectivity index (χ1) is 15.9. The molecule has 1 aliphatic heterocycles. The molecule has 2 heterocycles. The molecule has 1 aromatic heterocycles. The zero-order valence-electron chi connectivity index (χ0n) is 17.5. The number of hydrogen-bond donors (Lipinski definition) is 2. The van der Waals surface area contributed by atoms with E-state index in [0.717, 1.165) is 0 Å². The SMILES string of the molecule is NC(=O)c1cccc(Oc2ccc(NC(=O)CCCN3C(=O)c4ccccc4C3=O)cn2)c1. The number of imide groups is 1. The van der Waals surface area contributed by atoms with Crippen LogP contribution >= 0.6 is 0 Å². The van der Waals surface area contributed by atoms with Crippen molar-refractivity contribution in [3.63, 3.8) is 0 Å². The van der Waals surface area contributed by atoms with Crippen molar-refractivity contribution >= 4 is 29.3 Å². The molecular weight excluding hydrogens is 424 g/mol. The quantitative estimate of drug-likeness (QED) is 0.514. The van der Waals surface area contributed by atoms with Crippen LogP contribution in [0.3, 0.4) is 0 Å². The number of carbonyl (C=O) groups is 4. The first kappa shape index (κ1) is 21.7. The molecule has 0 saturated heterocycles. The number of hydrogen-bond acceptors (Lipinski definition) is 6. The number of fused-ring (bicyclic) bond motifs is 1. The molecule has 0 fully saturated rings. The molecule has 0 unspecified atom stereocenters. The van der Waals surface area contributed by atoms with Gasteiger partial charge in [0.1, 0.15) is 5.75 Å². The van der Waals surface area contributed by atoms with E-state index in [1.807, 2.05) is 0 Å². The Morgan fingerprint density at radius 3 is 2.33 bits per heavy atom. The highest BCUT2D eigenvalue weighted by Crippen LogP contribution is 2.23. The van der Waals surface area contributed by atoms with Gasteiger partial charge in [-0.3, -0.25) is 24.1 Å². The summed E-state index contributed by atoms with van der Waals surface area (Å²) < 4.78 is 5.60. The van der Waals surface area contributed by atoms with Crippen molar-refractivity contribution < 1.29 is 23.9 Å². The summed E-state index contributed by atoms with van der Waals surface area (Å²) in [5, 5.41) is 2.72. The third kappa shape index (κ3) is 4.87. The molecule has 3 N–H and O–H groups in total. The van der Waals surface area contributed by atoms with E-state index in [9.17, 15) is 19.2 Å². The maximum Gasteiger partial charge on any atom is 0.261 e. The Morgan fingerprint density at radius 2 is 1.70 bits per heavy atom. The zero-order chi connectivity index (χ0) is 23.4. The molecular formula is C24H20N4O5. The summed E-state index contributed by atoms with van der Waals surface area (Å²) in [6.07, 6.45) is 1.91. The molecule has 33 heavy (non-hydrogen) atoms. The van der Waals surface area contributed by atoms with Gasteiger partial charge in [-0.15, -0.1) is 0 Å². The van der Waals surface area contributed by atoms with Gasteiger partial charge in [0.15, 0.2) is 0 Å². The van der Waals surface area contributed by atoms with E-state index in [4.69, 9.17) is 10.5 Å². The van der Waals surface area contributed by atoms with Crippen LogP contribution in [0.5, 0.6) is 11.6 Å². The monoisotopic (exact) mass is 444 g/mol. The van der Waals surface area contributed by atoms with Crippen LogP contribution in [-0.2, 0) is 4.79 Å². The summed E-state index contributed by atoms with van der Waals surface area (Å²) in [6.45, 7) is 0.162. The smallest absolute Gasteiger partial charge is 0.261 e. The lowest BCUT2D eigenvalue weighted by Gasteiger charge is -2.13. The average molecular weight is 444 g/mol. The fourth-order valence-electron chi connectivity index (χ4n) is 3.41. The molecule has 0 saturated carbocycles. The lowest BCUT2D eigenvalue weighted by Crippen LogP contribution is -2.31. The molecule has 0 bridgehead atoms. The number of anilines is 1. The van der Waals surface area contributed by atoms with Gasteiger partial charge < -0.3 is 15.8 Å². The number of aromatic nitrogens is 1. The second kappa shape index (κ2) is 9.31. The number of nitrogens with zero attached hydrogens (tertiary/aromatic N) is 2. The number of rotatable bonds is 8. The Morgan fingerprint density at radius 1 is 0.970 bits per heavy atom. The van der Waals surface area contributed by atoms with E-state index in [1.165, 1.54) is 17.2 Å². The van der Waals surface area contributed by atoms with Gasteiger partial charge in [0.25, 0.3) is 11.8 Å². The summed E-state index contributed by atoms with van der Waals surface area (Å²) in [4.78, 5) is 53.5. The van der Waals surface area contributed by atoms with Crippen molar-refractivity contribution in [1.82, 2.24) is 9.88 Å². The summed E-state index contributed by atoms with van der Waals surface area (Å²) >= 11 is 0. The van der Waals surface area contributed by atoms with Crippen LogP contribution in [0, 0.1) is 0 Å². The fourth-order valence-corrected chi connectivity index (χ4v) is 3.41. The van der Waals surface area contributed by atoms with E-state index in [0.29, 0.717) is 34.5 Å². The molecule has 3 aromatic rings. The molecule has 4 rings (SSSR count). The summed E-state index contributed by atoms with van der Waals surface area (Å²) in [5.41, 5.74) is 6.83. The van der Waals surface area contributed by atoms with Crippen LogP contribution in [-0.4, -0.2) is 40.1 Å². The number of ether oxygens (including phenoxy) is 1. The molecule has 1 aliphatic rings. The minimum Gasteiger partial charge on any atom is -0.439 e. The van der Waals surface area contributed by atoms with Crippen molar-refractivity contribution in [3.8, 4) is 11.6 Å². The van der Waals surface area contributed by atoms with Crippen LogP contribution < -0.4 is 15.8 Å². The number of amides is 4. The molecule has 2 aromatic carbocycles. The number of nitrogens with one attached hydrogen (secondary N) is 1. The van der Waals surface area contributed by atoms with Crippen molar-refractivity contribution in [3.05, 3.63) is 83.6 Å². The Labute approximate surface area is 189 Å². The topological polar surface area (TPSA) is 132 Å². The van der Waals surface area contributed by atoms with Crippen LogP contribution in [0.2, 0.25) is 0 Å². The molecule has 0 spiro atoms. The Kier molecular flexibility index (Phi) is 6.12. The molecule has 0 aliphatic carbocycles. The van der Waals surface area contributed by atoms with Crippen LogP contribution in [0.25, 0.3) is 0 Å². The van der Waals surface area contributed by atoms with E-state index in [2.05, 4.69) is 10.3 Å². The van der Waals surface area contributed by atoms with Crippen LogP contribution in [0.1, 0.15) is 43.9 Å². The van der Waals surface area contributed by atoms with Crippen molar-refractivity contribution in [1.29, 1.82) is 0 Å². The van der Waals surface area contributed by atoms with Crippen LogP contribution in [0.4, 0.5) is 5.69 Å². The summed E-state index contributed by atoms with van der Waals surface area (Å²) in [7, 11) is 0. The van der Waals surface area contributed by atoms with Gasteiger partial charge in [-0.25, -0.2) is 4.98 Å². The molecule has 0 atom stereocenters. The van der Waals surface area contributed by atoms with Crippen LogP contribution in [0.15, 0.2) is 66.9 Å². The van der Waals surface area contributed by atoms with E-state index >= 15 is 0 Å². The lowest BCUT2D eigenvalue weighted by molar-refractivity contribution is -0.116. The highest BCUT2D eigenvalue weighted by Gasteiger charge is 2.34. The third-order valence-corrected chi connectivity index (χ3v) is 5.02. The predicted octanol–water partition coefficient (Wildman–Crippen LogP) is 2.99. The van der Waals surface area contributed by atoms with E-state index in [-0.39, 0.29) is 36.6 Å². The number of pyridine rings is 1. The van der Waals surface area contributed by atoms with Gasteiger partial charge in [0.05, 0.1) is 23.0 Å². The molecule has 0 radical (unpaired) electrons. The second-order valence-corrected chi connectivity index (χ2v) is 7.34. The Hall–Kier alpha value is -4.53. The van der Waals surface area contributed by atoms with Crippen molar-refractivity contribution in [2.45, 2.75) is 12.8 Å². The van der Waals surface area contributed by atoms with Crippen molar-refractivity contribution in [2.24, 2.45) is 5.73 Å². The second-order valence-electron chi connectivity index (χ2n) is 7.34. The maximum absolute atomic E-state index is 12.4. The van der Waals surface area contributed by atoms with Gasteiger partial charge in [0.2, 0.25) is 17.7 Å². The van der Waals surface area contributed by atoms with Gasteiger partial charge in [0, 0.05) is 24.6 Å². The maximum atomic E-state index is 12.4. The molecule has 9 heteroatoms. The molecule has 4 amide bonds. The van der Waals surface area contributed by atoms with E-state index in [1.54, 1.807) is 54.6 Å². The normalized spacial score (nSPS) is 12.4. The first-order valence-corrected chi connectivity index (χ1v) is 10.2. The minimum atomic E-state index is -0.561. The standard InChI is InChI=1S/C24H20N4O5/c25-22(30)15-5-3-6-17(13-15)33-21-11-10-16(14-26-21)27-20(29)9-4-12-28-23(31)18-7-1-2-8-19(18)24(28)32/h1-3,5-8,10-11,13-14H,4,9,12H2,(H2,25,30)(H,27,29). The summed E-state index contributed by atoms with van der Waals surface area (Å²) in [6, 6.07) is 16.3. The highest BCUT2D eigenvalue weighted by atomic mass is 16.5. The molecule has 166 valence electrons. The van der Waals surface area contributed by atoms with Crippen molar-refractivity contribution in [2.75, 3.05) is 11.9 Å². The highest BCUT2D eigenvalue weighted by molar-refractivity contribution is 6.21. The van der Waals surface area contributed by atoms with Gasteiger partial charge in [-0.1, -0.05) is 18.2 Å². The lowest BCUT2D eigenvalue weighted by atomic mass is 10.1. The third-order valence-electron chi connectivity index (χ3n) is 5.02. The van der Waals surface area contributed by atoms with Gasteiger partial charge >= 0.3 is 0 Å². The van der Waals surface area contributed by atoms with Gasteiger partial charge in [-0.05, 0) is 42.8 Å². The zero-order valence-corrected chi connectivity index (χ0v) is 17.5. The largest absolute Gasteiger partial charge is 0.439 e. The Balaban J connectivity index is 1.26. The number of benzene rings is 2. The summed E-state index contributed by atoms with van der Waals surface area (Å²) in [5.74, 6) is -0.816. The molecule has 9 nitrogen and oxygen atoms in total. The predicted molar refractivity (Wildman–Crippen MR) is 119 cm³/mol. The average Bonchev–Trinajstić information content (AvgIpc) is 3.05. The minimum absolute atomic E-state index is 0.131. The number of primary amides is 1.